The molecule has 0 bridgehead atoms. The van der Waals surface area contributed by atoms with Crippen LogP contribution in [0.25, 0.3) is 11.1 Å². The van der Waals surface area contributed by atoms with E-state index in [1.165, 1.54) is 0 Å². The number of aromatic nitrogens is 1. The van der Waals surface area contributed by atoms with Gasteiger partial charge in [-0.1, -0.05) is 42.8 Å². The fourth-order valence-electron chi connectivity index (χ4n) is 4.84. The minimum absolute atomic E-state index is 0.0134. The van der Waals surface area contributed by atoms with Crippen LogP contribution in [0, 0.1) is 11.3 Å². The summed E-state index contributed by atoms with van der Waals surface area (Å²) in [6.07, 6.45) is 10.6. The zero-order valence-corrected chi connectivity index (χ0v) is 18.1. The lowest BCUT2D eigenvalue weighted by Gasteiger charge is -2.44. The molecule has 0 spiro atoms. The van der Waals surface area contributed by atoms with Gasteiger partial charge in [0.1, 0.15) is 0 Å². The van der Waals surface area contributed by atoms with Gasteiger partial charge in [-0.2, -0.15) is 0 Å². The van der Waals surface area contributed by atoms with Crippen molar-refractivity contribution in [3.8, 4) is 11.1 Å². The molecule has 2 aromatic rings. The van der Waals surface area contributed by atoms with E-state index in [4.69, 9.17) is 0 Å². The molecule has 1 saturated heterocycles. The molecule has 1 aliphatic heterocycles. The van der Waals surface area contributed by atoms with E-state index in [1.54, 1.807) is 12.3 Å². The SMILES string of the molecule is C=CCNC(=O)C1(Cc2ccccc2-c2cccnc2)CCCN(C(=O)C2CCC2)C1. The van der Waals surface area contributed by atoms with Crippen molar-refractivity contribution in [3.05, 3.63) is 67.0 Å². The van der Waals surface area contributed by atoms with Gasteiger partial charge in [0, 0.05) is 43.5 Å². The second-order valence-electron chi connectivity index (χ2n) is 8.85. The molecule has 1 atom stereocenters. The zero-order valence-electron chi connectivity index (χ0n) is 18.1. The molecule has 1 N–H and O–H groups in total. The van der Waals surface area contributed by atoms with E-state index in [0.29, 0.717) is 19.5 Å². The Morgan fingerprint density at radius 1 is 1.19 bits per heavy atom. The van der Waals surface area contributed by atoms with Gasteiger partial charge in [0.15, 0.2) is 0 Å². The lowest BCUT2D eigenvalue weighted by molar-refractivity contribution is -0.146. The Kier molecular flexibility index (Phi) is 6.50. The molecule has 1 aromatic heterocycles. The lowest BCUT2D eigenvalue weighted by atomic mass is 9.72. The predicted molar refractivity (Wildman–Crippen MR) is 122 cm³/mol. The van der Waals surface area contributed by atoms with Gasteiger partial charge in [0.25, 0.3) is 0 Å². The number of carbonyl (C=O) groups is 2. The van der Waals surface area contributed by atoms with E-state index in [1.807, 2.05) is 35.4 Å². The molecular formula is C26H31N3O2. The van der Waals surface area contributed by atoms with Crippen LogP contribution in [0.2, 0.25) is 0 Å². The van der Waals surface area contributed by atoms with Crippen LogP contribution in [0.3, 0.4) is 0 Å². The minimum Gasteiger partial charge on any atom is -0.352 e. The van der Waals surface area contributed by atoms with Crippen LogP contribution in [-0.4, -0.2) is 41.3 Å². The molecule has 1 aromatic carbocycles. The molecule has 1 saturated carbocycles. The molecule has 0 radical (unpaired) electrons. The van der Waals surface area contributed by atoms with E-state index in [9.17, 15) is 9.59 Å². The van der Waals surface area contributed by atoms with Gasteiger partial charge in [-0.05, 0) is 49.3 Å². The number of hydrogen-bond acceptors (Lipinski definition) is 3. The van der Waals surface area contributed by atoms with Gasteiger partial charge in [0.2, 0.25) is 11.8 Å². The molecule has 2 fully saturated rings. The molecule has 2 amide bonds. The van der Waals surface area contributed by atoms with Crippen LogP contribution in [0.15, 0.2) is 61.4 Å². The summed E-state index contributed by atoms with van der Waals surface area (Å²) in [4.78, 5) is 32.7. The first-order valence-electron chi connectivity index (χ1n) is 11.3. The Labute approximate surface area is 184 Å². The monoisotopic (exact) mass is 417 g/mol. The van der Waals surface area contributed by atoms with E-state index in [-0.39, 0.29) is 17.7 Å². The normalized spacial score (nSPS) is 21.2. The van der Waals surface area contributed by atoms with Crippen molar-refractivity contribution in [1.29, 1.82) is 0 Å². The quantitative estimate of drug-likeness (QED) is 0.693. The summed E-state index contributed by atoms with van der Waals surface area (Å²) in [6, 6.07) is 12.2. The Hall–Kier alpha value is -2.95. The average molecular weight is 418 g/mol. The van der Waals surface area contributed by atoms with E-state index < -0.39 is 5.41 Å². The molecule has 162 valence electrons. The first-order valence-corrected chi connectivity index (χ1v) is 11.3. The second kappa shape index (κ2) is 9.46. The third-order valence-corrected chi connectivity index (χ3v) is 6.75. The van der Waals surface area contributed by atoms with Crippen LogP contribution in [-0.2, 0) is 16.0 Å². The fraction of sp³-hybridized carbons (Fsp3) is 0.423. The maximum absolute atomic E-state index is 13.4. The predicted octanol–water partition coefficient (Wildman–Crippen LogP) is 4.00. The molecule has 4 rings (SSSR count). The number of nitrogens with one attached hydrogen (secondary N) is 1. The van der Waals surface area contributed by atoms with Crippen molar-refractivity contribution >= 4 is 11.8 Å². The maximum Gasteiger partial charge on any atom is 0.228 e. The summed E-state index contributed by atoms with van der Waals surface area (Å²) in [5, 5.41) is 3.03. The van der Waals surface area contributed by atoms with Gasteiger partial charge in [0.05, 0.1) is 5.41 Å². The largest absolute Gasteiger partial charge is 0.352 e. The third kappa shape index (κ3) is 4.55. The van der Waals surface area contributed by atoms with Gasteiger partial charge >= 0.3 is 0 Å². The van der Waals surface area contributed by atoms with Gasteiger partial charge in [-0.3, -0.25) is 14.6 Å². The number of hydrogen-bond donors (Lipinski definition) is 1. The van der Waals surface area contributed by atoms with E-state index >= 15 is 0 Å². The van der Waals surface area contributed by atoms with Crippen LogP contribution >= 0.6 is 0 Å². The Morgan fingerprint density at radius 3 is 2.74 bits per heavy atom. The highest BCUT2D eigenvalue weighted by atomic mass is 16.2. The van der Waals surface area contributed by atoms with Crippen molar-refractivity contribution in [1.82, 2.24) is 15.2 Å². The first-order chi connectivity index (χ1) is 15.1. The molecule has 2 aliphatic rings. The summed E-state index contributed by atoms with van der Waals surface area (Å²) in [6.45, 7) is 5.39. The summed E-state index contributed by atoms with van der Waals surface area (Å²) >= 11 is 0. The summed E-state index contributed by atoms with van der Waals surface area (Å²) in [7, 11) is 0. The summed E-state index contributed by atoms with van der Waals surface area (Å²) in [5.74, 6) is 0.390. The fourth-order valence-corrected chi connectivity index (χ4v) is 4.84. The number of rotatable bonds is 7. The molecule has 31 heavy (non-hydrogen) atoms. The molecule has 5 heteroatoms. The maximum atomic E-state index is 13.4. The topological polar surface area (TPSA) is 62.3 Å². The first kappa shape index (κ1) is 21.3. The molecule has 1 aliphatic carbocycles. The average Bonchev–Trinajstić information content (AvgIpc) is 2.77. The minimum atomic E-state index is -0.640. The number of carbonyl (C=O) groups excluding carboxylic acids is 2. The second-order valence-corrected chi connectivity index (χ2v) is 8.85. The van der Waals surface area contributed by atoms with Crippen molar-refractivity contribution in [2.24, 2.45) is 11.3 Å². The zero-order chi connectivity index (χ0) is 21.7. The summed E-state index contributed by atoms with van der Waals surface area (Å²) < 4.78 is 0. The Balaban J connectivity index is 1.65. The number of benzene rings is 1. The van der Waals surface area contributed by atoms with Gasteiger partial charge < -0.3 is 10.2 Å². The molecular weight excluding hydrogens is 386 g/mol. The van der Waals surface area contributed by atoms with Gasteiger partial charge in [-0.25, -0.2) is 0 Å². The molecule has 1 unspecified atom stereocenters. The third-order valence-electron chi connectivity index (χ3n) is 6.75. The van der Waals surface area contributed by atoms with E-state index in [2.05, 4.69) is 29.0 Å². The van der Waals surface area contributed by atoms with Crippen LogP contribution in [0.5, 0.6) is 0 Å². The molecule has 5 nitrogen and oxygen atoms in total. The Bertz CT molecular complexity index is 939. The lowest BCUT2D eigenvalue weighted by Crippen LogP contribution is -2.55. The van der Waals surface area contributed by atoms with Crippen LogP contribution in [0.4, 0.5) is 0 Å². The number of nitrogens with zero attached hydrogens (tertiary/aromatic N) is 2. The highest BCUT2D eigenvalue weighted by Gasteiger charge is 2.45. The van der Waals surface area contributed by atoms with Crippen LogP contribution in [0.1, 0.15) is 37.7 Å². The van der Waals surface area contributed by atoms with Crippen LogP contribution < -0.4 is 5.32 Å². The van der Waals surface area contributed by atoms with Crippen molar-refractivity contribution in [2.45, 2.75) is 38.5 Å². The van der Waals surface area contributed by atoms with Gasteiger partial charge in [-0.15, -0.1) is 6.58 Å². The number of piperidine rings is 1. The number of pyridine rings is 1. The van der Waals surface area contributed by atoms with E-state index in [0.717, 1.165) is 55.3 Å². The number of likely N-dealkylation sites (tertiary alicyclic amines) is 1. The highest BCUT2D eigenvalue weighted by Crippen LogP contribution is 2.39. The highest BCUT2D eigenvalue weighted by molar-refractivity contribution is 5.86. The summed E-state index contributed by atoms with van der Waals surface area (Å²) in [5.41, 5.74) is 2.60. The molecule has 2 heterocycles. The van der Waals surface area contributed by atoms with Crippen molar-refractivity contribution in [2.75, 3.05) is 19.6 Å². The number of amides is 2. The van der Waals surface area contributed by atoms with Crippen molar-refractivity contribution < 1.29 is 9.59 Å². The Morgan fingerprint density at radius 2 is 2.03 bits per heavy atom. The van der Waals surface area contributed by atoms with Crippen molar-refractivity contribution in [3.63, 3.8) is 0 Å². The smallest absolute Gasteiger partial charge is 0.228 e. The standard InChI is InChI=1S/C26H31N3O2/c1-2-14-28-25(31)26(13-7-16-29(19-26)24(30)20-9-5-10-20)17-21-8-3-4-12-23(21)22-11-6-15-27-18-22/h2-4,6,8,11-12,15,18,20H,1,5,7,9-10,13-14,16-17,19H2,(H,28,31).